The average molecular weight is 264 g/mol. The summed E-state index contributed by atoms with van der Waals surface area (Å²) in [7, 11) is 0. The second-order valence-electron chi connectivity index (χ2n) is 4.00. The number of benzene rings is 1. The lowest BCUT2D eigenvalue weighted by Gasteiger charge is -2.07. The summed E-state index contributed by atoms with van der Waals surface area (Å²) in [5, 5.41) is 3.03. The van der Waals surface area contributed by atoms with E-state index in [0.717, 1.165) is 12.1 Å². The van der Waals surface area contributed by atoms with Crippen LogP contribution in [-0.4, -0.2) is 16.5 Å². The van der Waals surface area contributed by atoms with Crippen LogP contribution in [0, 0.1) is 11.6 Å². The van der Waals surface area contributed by atoms with Gasteiger partial charge in [0.15, 0.2) is 11.6 Å². The fraction of sp³-hybridized carbons (Fsp3) is 0.231. The van der Waals surface area contributed by atoms with Crippen molar-refractivity contribution >= 4 is 5.82 Å². The lowest BCUT2D eigenvalue weighted by atomic mass is 10.2. The molecule has 1 heterocycles. The molecule has 1 aromatic carbocycles. The SMILES string of the molecule is NCCc1nccc(NCc2ccc(F)c(F)c2)n1. The van der Waals surface area contributed by atoms with Gasteiger partial charge in [-0.2, -0.15) is 0 Å². The molecule has 1 aromatic heterocycles. The number of hydrogen-bond acceptors (Lipinski definition) is 4. The minimum Gasteiger partial charge on any atom is -0.366 e. The Kier molecular flexibility index (Phi) is 4.35. The Balaban J connectivity index is 2.01. The predicted molar refractivity (Wildman–Crippen MR) is 68.5 cm³/mol. The van der Waals surface area contributed by atoms with E-state index >= 15 is 0 Å². The highest BCUT2D eigenvalue weighted by atomic mass is 19.2. The molecule has 19 heavy (non-hydrogen) atoms. The van der Waals surface area contributed by atoms with Gasteiger partial charge in [-0.05, 0) is 30.3 Å². The first-order valence-electron chi connectivity index (χ1n) is 5.89. The Bertz CT molecular complexity index is 560. The zero-order valence-corrected chi connectivity index (χ0v) is 10.2. The van der Waals surface area contributed by atoms with Crippen molar-refractivity contribution in [2.24, 2.45) is 5.73 Å². The first-order chi connectivity index (χ1) is 9.19. The van der Waals surface area contributed by atoms with Crippen LogP contribution in [0.15, 0.2) is 30.5 Å². The number of hydrogen-bond donors (Lipinski definition) is 2. The minimum absolute atomic E-state index is 0.357. The number of anilines is 1. The van der Waals surface area contributed by atoms with Crippen molar-refractivity contribution in [1.82, 2.24) is 9.97 Å². The number of nitrogens with one attached hydrogen (secondary N) is 1. The van der Waals surface area contributed by atoms with Crippen molar-refractivity contribution in [2.45, 2.75) is 13.0 Å². The highest BCUT2D eigenvalue weighted by Crippen LogP contribution is 2.10. The van der Waals surface area contributed by atoms with E-state index in [-0.39, 0.29) is 0 Å². The van der Waals surface area contributed by atoms with Crippen LogP contribution in [0.4, 0.5) is 14.6 Å². The van der Waals surface area contributed by atoms with Crippen LogP contribution in [0.1, 0.15) is 11.4 Å². The summed E-state index contributed by atoms with van der Waals surface area (Å²) in [6.45, 7) is 0.836. The van der Waals surface area contributed by atoms with Crippen molar-refractivity contribution in [2.75, 3.05) is 11.9 Å². The van der Waals surface area contributed by atoms with Crippen LogP contribution in [0.25, 0.3) is 0 Å². The van der Waals surface area contributed by atoms with Crippen LogP contribution < -0.4 is 11.1 Å². The molecule has 6 heteroatoms. The van der Waals surface area contributed by atoms with Gasteiger partial charge in [-0.1, -0.05) is 6.07 Å². The lowest BCUT2D eigenvalue weighted by molar-refractivity contribution is 0.507. The molecule has 0 aliphatic rings. The first kappa shape index (κ1) is 13.4. The monoisotopic (exact) mass is 264 g/mol. The van der Waals surface area contributed by atoms with Crippen molar-refractivity contribution < 1.29 is 8.78 Å². The molecule has 3 N–H and O–H groups in total. The molecule has 0 bridgehead atoms. The Morgan fingerprint density at radius 2 is 2.00 bits per heavy atom. The largest absolute Gasteiger partial charge is 0.366 e. The van der Waals surface area contributed by atoms with Gasteiger partial charge in [0, 0.05) is 19.2 Å². The zero-order chi connectivity index (χ0) is 13.7. The summed E-state index contributed by atoms with van der Waals surface area (Å²) < 4.78 is 25.8. The number of nitrogens with two attached hydrogens (primary N) is 1. The summed E-state index contributed by atoms with van der Waals surface area (Å²) >= 11 is 0. The van der Waals surface area contributed by atoms with E-state index in [9.17, 15) is 8.78 Å². The van der Waals surface area contributed by atoms with Gasteiger partial charge in [-0.15, -0.1) is 0 Å². The first-order valence-corrected chi connectivity index (χ1v) is 5.89. The second kappa shape index (κ2) is 6.19. The average Bonchev–Trinajstić information content (AvgIpc) is 2.41. The van der Waals surface area contributed by atoms with Gasteiger partial charge in [0.05, 0.1) is 0 Å². The second-order valence-corrected chi connectivity index (χ2v) is 4.00. The van der Waals surface area contributed by atoms with Crippen molar-refractivity contribution in [1.29, 1.82) is 0 Å². The van der Waals surface area contributed by atoms with Gasteiger partial charge >= 0.3 is 0 Å². The molecule has 2 rings (SSSR count). The number of aromatic nitrogens is 2. The topological polar surface area (TPSA) is 63.8 Å². The minimum atomic E-state index is -0.856. The third-order valence-corrected chi connectivity index (χ3v) is 2.53. The van der Waals surface area contributed by atoms with Crippen LogP contribution in [0.2, 0.25) is 0 Å². The molecule has 100 valence electrons. The quantitative estimate of drug-likeness (QED) is 0.865. The van der Waals surface area contributed by atoms with Crippen molar-refractivity contribution in [3.8, 4) is 0 Å². The van der Waals surface area contributed by atoms with Gasteiger partial charge in [0.1, 0.15) is 11.6 Å². The molecule has 0 aliphatic heterocycles. The van der Waals surface area contributed by atoms with E-state index in [0.29, 0.717) is 36.7 Å². The maximum absolute atomic E-state index is 13.0. The summed E-state index contributed by atoms with van der Waals surface area (Å²) in [4.78, 5) is 8.32. The molecule has 4 nitrogen and oxygen atoms in total. The molecule has 0 saturated heterocycles. The van der Waals surface area contributed by atoms with E-state index in [4.69, 9.17) is 5.73 Å². The van der Waals surface area contributed by atoms with E-state index < -0.39 is 11.6 Å². The van der Waals surface area contributed by atoms with Gasteiger partial charge in [0.2, 0.25) is 0 Å². The molecule has 0 aliphatic carbocycles. The van der Waals surface area contributed by atoms with E-state index in [2.05, 4.69) is 15.3 Å². The van der Waals surface area contributed by atoms with Crippen LogP contribution in [-0.2, 0) is 13.0 Å². The maximum atomic E-state index is 13.0. The molecule has 0 saturated carbocycles. The number of nitrogens with zero attached hydrogens (tertiary/aromatic N) is 2. The lowest BCUT2D eigenvalue weighted by Crippen LogP contribution is -2.08. The van der Waals surface area contributed by atoms with Gasteiger partial charge in [-0.25, -0.2) is 18.7 Å². The van der Waals surface area contributed by atoms with Crippen LogP contribution in [0.3, 0.4) is 0 Å². The molecular weight excluding hydrogens is 250 g/mol. The van der Waals surface area contributed by atoms with Crippen molar-refractivity contribution in [3.63, 3.8) is 0 Å². The molecule has 0 spiro atoms. The van der Waals surface area contributed by atoms with Crippen LogP contribution in [0.5, 0.6) is 0 Å². The maximum Gasteiger partial charge on any atom is 0.159 e. The standard InChI is InChI=1S/C13H14F2N4/c14-10-2-1-9(7-11(10)15)8-18-13-4-6-17-12(19-13)3-5-16/h1-2,4,6-7H,3,5,8,16H2,(H,17,18,19). The Labute approximate surface area is 109 Å². The van der Waals surface area contributed by atoms with Gasteiger partial charge in [0.25, 0.3) is 0 Å². The summed E-state index contributed by atoms with van der Waals surface area (Å²) in [6.07, 6.45) is 2.23. The van der Waals surface area contributed by atoms with E-state index in [1.807, 2.05) is 0 Å². The zero-order valence-electron chi connectivity index (χ0n) is 10.2. The molecular formula is C13H14F2N4. The number of halogens is 2. The third kappa shape index (κ3) is 3.69. The summed E-state index contributed by atoms with van der Waals surface area (Å²) in [6, 6.07) is 5.49. The molecule has 0 unspecified atom stereocenters. The van der Waals surface area contributed by atoms with Gasteiger partial charge in [-0.3, -0.25) is 0 Å². The van der Waals surface area contributed by atoms with E-state index in [1.54, 1.807) is 12.3 Å². The van der Waals surface area contributed by atoms with Crippen LogP contribution >= 0.6 is 0 Å². The predicted octanol–water partition coefficient (Wildman–Crippen LogP) is 1.87. The highest BCUT2D eigenvalue weighted by molar-refractivity contribution is 5.34. The molecule has 0 radical (unpaired) electrons. The third-order valence-electron chi connectivity index (χ3n) is 2.53. The molecule has 0 atom stereocenters. The normalized spacial score (nSPS) is 10.5. The molecule has 2 aromatic rings. The van der Waals surface area contributed by atoms with E-state index in [1.165, 1.54) is 6.07 Å². The number of rotatable bonds is 5. The van der Waals surface area contributed by atoms with Crippen molar-refractivity contribution in [3.05, 3.63) is 53.5 Å². The fourth-order valence-corrected chi connectivity index (χ4v) is 1.59. The fourth-order valence-electron chi connectivity index (χ4n) is 1.59. The van der Waals surface area contributed by atoms with Gasteiger partial charge < -0.3 is 11.1 Å². The highest BCUT2D eigenvalue weighted by Gasteiger charge is 2.03. The molecule has 0 amide bonds. The molecule has 0 fully saturated rings. The Morgan fingerprint density at radius 1 is 1.16 bits per heavy atom. The summed E-state index contributed by atoms with van der Waals surface area (Å²) in [5.74, 6) is -0.428. The Morgan fingerprint density at radius 3 is 2.74 bits per heavy atom. The Hall–Kier alpha value is -2.08. The summed E-state index contributed by atoms with van der Waals surface area (Å²) in [5.41, 5.74) is 6.07. The smallest absolute Gasteiger partial charge is 0.159 e.